The summed E-state index contributed by atoms with van der Waals surface area (Å²) in [6.45, 7) is 1.59. The summed E-state index contributed by atoms with van der Waals surface area (Å²) in [6, 6.07) is 10.3. The normalized spacial score (nSPS) is 20.6. The molecule has 1 fully saturated rings. The Morgan fingerprint density at radius 2 is 2.12 bits per heavy atom. The summed E-state index contributed by atoms with van der Waals surface area (Å²) in [5.41, 5.74) is 0. The highest BCUT2D eigenvalue weighted by Crippen LogP contribution is 2.26. The monoisotopic (exact) mass is 214 g/mol. The van der Waals surface area contributed by atoms with E-state index in [0.29, 0.717) is 6.54 Å². The van der Waals surface area contributed by atoms with Crippen LogP contribution in [0.4, 0.5) is 5.82 Å². The van der Waals surface area contributed by atoms with Crippen molar-refractivity contribution in [2.24, 2.45) is 0 Å². The topological polar surface area (TPSA) is 36.4 Å². The fourth-order valence-electron chi connectivity index (χ4n) is 2.29. The maximum absolute atomic E-state index is 9.56. The highest BCUT2D eigenvalue weighted by molar-refractivity contribution is 5.92. The number of benzene rings is 1. The molecular weight excluding hydrogens is 200 g/mol. The molecular formula is C13H14N2O. The summed E-state index contributed by atoms with van der Waals surface area (Å²) in [4.78, 5) is 6.60. The van der Waals surface area contributed by atoms with Crippen LogP contribution in [0.2, 0.25) is 0 Å². The molecule has 3 heteroatoms. The van der Waals surface area contributed by atoms with E-state index < -0.39 is 0 Å². The molecule has 1 aromatic heterocycles. The molecule has 0 saturated carbocycles. The van der Waals surface area contributed by atoms with Crippen LogP contribution in [0.1, 0.15) is 6.42 Å². The van der Waals surface area contributed by atoms with E-state index in [9.17, 15) is 5.11 Å². The zero-order valence-corrected chi connectivity index (χ0v) is 9.00. The quantitative estimate of drug-likeness (QED) is 0.786. The smallest absolute Gasteiger partial charge is 0.136 e. The summed E-state index contributed by atoms with van der Waals surface area (Å²) >= 11 is 0. The van der Waals surface area contributed by atoms with Crippen LogP contribution in [-0.2, 0) is 0 Å². The average Bonchev–Trinajstić information content (AvgIpc) is 2.75. The molecule has 16 heavy (non-hydrogen) atoms. The van der Waals surface area contributed by atoms with Gasteiger partial charge >= 0.3 is 0 Å². The highest BCUT2D eigenvalue weighted by Gasteiger charge is 2.22. The van der Waals surface area contributed by atoms with Crippen molar-refractivity contribution in [2.75, 3.05) is 18.0 Å². The van der Waals surface area contributed by atoms with Gasteiger partial charge in [0.25, 0.3) is 0 Å². The average molecular weight is 214 g/mol. The molecule has 1 saturated heterocycles. The van der Waals surface area contributed by atoms with E-state index in [0.717, 1.165) is 18.8 Å². The number of fused-ring (bicyclic) bond motifs is 1. The Morgan fingerprint density at radius 1 is 1.25 bits per heavy atom. The number of anilines is 1. The minimum Gasteiger partial charge on any atom is -0.391 e. The molecule has 3 rings (SSSR count). The third-order valence-corrected chi connectivity index (χ3v) is 3.12. The Morgan fingerprint density at radius 3 is 2.94 bits per heavy atom. The molecule has 1 aliphatic heterocycles. The largest absolute Gasteiger partial charge is 0.391 e. The van der Waals surface area contributed by atoms with Gasteiger partial charge in [-0.15, -0.1) is 0 Å². The summed E-state index contributed by atoms with van der Waals surface area (Å²) in [7, 11) is 0. The minimum absolute atomic E-state index is 0.208. The van der Waals surface area contributed by atoms with Crippen LogP contribution in [0.15, 0.2) is 36.5 Å². The summed E-state index contributed by atoms with van der Waals surface area (Å²) in [5.74, 6) is 0.995. The van der Waals surface area contributed by atoms with Gasteiger partial charge in [-0.3, -0.25) is 0 Å². The van der Waals surface area contributed by atoms with Crippen LogP contribution >= 0.6 is 0 Å². The lowest BCUT2D eigenvalue weighted by atomic mass is 10.1. The van der Waals surface area contributed by atoms with Gasteiger partial charge in [-0.05, 0) is 17.9 Å². The van der Waals surface area contributed by atoms with Crippen LogP contribution < -0.4 is 4.90 Å². The van der Waals surface area contributed by atoms with Crippen molar-refractivity contribution < 1.29 is 5.11 Å². The third-order valence-electron chi connectivity index (χ3n) is 3.12. The standard InChI is InChI=1S/C13H14N2O/c16-11-6-8-15(9-11)13-12-4-2-1-3-10(12)5-7-14-13/h1-5,7,11,16H,6,8-9H2. The van der Waals surface area contributed by atoms with Gasteiger partial charge in [-0.2, -0.15) is 0 Å². The Kier molecular flexibility index (Phi) is 2.26. The number of rotatable bonds is 1. The van der Waals surface area contributed by atoms with Crippen LogP contribution in [-0.4, -0.2) is 29.3 Å². The number of aromatic nitrogens is 1. The Hall–Kier alpha value is -1.61. The first-order chi connectivity index (χ1) is 7.84. The van der Waals surface area contributed by atoms with Crippen LogP contribution in [0.25, 0.3) is 10.8 Å². The highest BCUT2D eigenvalue weighted by atomic mass is 16.3. The number of aliphatic hydroxyl groups excluding tert-OH is 1. The molecule has 1 aliphatic rings. The SMILES string of the molecule is OC1CCN(c2nccc3ccccc23)C1. The van der Waals surface area contributed by atoms with Crippen molar-refractivity contribution in [3.8, 4) is 0 Å². The Balaban J connectivity index is 2.09. The number of nitrogens with zero attached hydrogens (tertiary/aromatic N) is 2. The van der Waals surface area contributed by atoms with Crippen molar-refractivity contribution in [3.05, 3.63) is 36.5 Å². The molecule has 0 aliphatic carbocycles. The molecule has 1 atom stereocenters. The van der Waals surface area contributed by atoms with E-state index in [-0.39, 0.29) is 6.10 Å². The Bertz CT molecular complexity index is 507. The number of hydrogen-bond acceptors (Lipinski definition) is 3. The maximum atomic E-state index is 9.56. The lowest BCUT2D eigenvalue weighted by Gasteiger charge is -2.18. The predicted octanol–water partition coefficient (Wildman–Crippen LogP) is 1.81. The maximum Gasteiger partial charge on any atom is 0.136 e. The van der Waals surface area contributed by atoms with Crippen LogP contribution in [0.3, 0.4) is 0 Å². The van der Waals surface area contributed by atoms with Crippen LogP contribution in [0, 0.1) is 0 Å². The minimum atomic E-state index is -0.208. The van der Waals surface area contributed by atoms with E-state index in [1.807, 2.05) is 24.4 Å². The van der Waals surface area contributed by atoms with Gasteiger partial charge in [0.15, 0.2) is 0 Å². The van der Waals surface area contributed by atoms with Gasteiger partial charge in [0, 0.05) is 24.7 Å². The number of β-amino-alcohol motifs (C(OH)–C–C–N with tert-alkyl or cyclic N) is 1. The number of pyridine rings is 1. The molecule has 1 N–H and O–H groups in total. The summed E-state index contributed by atoms with van der Waals surface area (Å²) in [6.07, 6.45) is 2.47. The molecule has 2 heterocycles. The fraction of sp³-hybridized carbons (Fsp3) is 0.308. The molecule has 82 valence electrons. The van der Waals surface area contributed by atoms with Crippen molar-refractivity contribution >= 4 is 16.6 Å². The van der Waals surface area contributed by atoms with E-state index in [4.69, 9.17) is 0 Å². The molecule has 2 aromatic rings. The van der Waals surface area contributed by atoms with Crippen molar-refractivity contribution in [1.29, 1.82) is 0 Å². The zero-order valence-electron chi connectivity index (χ0n) is 9.00. The van der Waals surface area contributed by atoms with Gasteiger partial charge in [0.2, 0.25) is 0 Å². The second kappa shape index (κ2) is 3.76. The van der Waals surface area contributed by atoms with E-state index in [2.05, 4.69) is 22.0 Å². The molecule has 0 spiro atoms. The number of hydrogen-bond donors (Lipinski definition) is 1. The van der Waals surface area contributed by atoms with E-state index >= 15 is 0 Å². The zero-order chi connectivity index (χ0) is 11.0. The van der Waals surface area contributed by atoms with Gasteiger partial charge in [0.1, 0.15) is 5.82 Å². The lowest BCUT2D eigenvalue weighted by Crippen LogP contribution is -2.22. The fourth-order valence-corrected chi connectivity index (χ4v) is 2.29. The Labute approximate surface area is 94.3 Å². The summed E-state index contributed by atoms with van der Waals surface area (Å²) in [5, 5.41) is 11.9. The second-order valence-electron chi connectivity index (χ2n) is 4.24. The molecule has 3 nitrogen and oxygen atoms in total. The summed E-state index contributed by atoms with van der Waals surface area (Å²) < 4.78 is 0. The van der Waals surface area contributed by atoms with Gasteiger partial charge < -0.3 is 10.0 Å². The third kappa shape index (κ3) is 1.53. The van der Waals surface area contributed by atoms with E-state index in [1.165, 1.54) is 10.8 Å². The first-order valence-electron chi connectivity index (χ1n) is 5.61. The number of aliphatic hydroxyl groups is 1. The predicted molar refractivity (Wildman–Crippen MR) is 64.6 cm³/mol. The van der Waals surface area contributed by atoms with Gasteiger partial charge in [-0.1, -0.05) is 24.3 Å². The van der Waals surface area contributed by atoms with Crippen molar-refractivity contribution in [2.45, 2.75) is 12.5 Å². The van der Waals surface area contributed by atoms with Crippen LogP contribution in [0.5, 0.6) is 0 Å². The molecule has 0 amide bonds. The second-order valence-corrected chi connectivity index (χ2v) is 4.24. The van der Waals surface area contributed by atoms with Gasteiger partial charge in [-0.25, -0.2) is 4.98 Å². The molecule has 0 bridgehead atoms. The molecule has 0 radical (unpaired) electrons. The van der Waals surface area contributed by atoms with Crippen molar-refractivity contribution in [3.63, 3.8) is 0 Å². The van der Waals surface area contributed by atoms with E-state index in [1.54, 1.807) is 0 Å². The van der Waals surface area contributed by atoms with Gasteiger partial charge in [0.05, 0.1) is 6.10 Å². The first-order valence-corrected chi connectivity index (χ1v) is 5.61. The lowest BCUT2D eigenvalue weighted by molar-refractivity contribution is 0.198. The van der Waals surface area contributed by atoms with Crippen molar-refractivity contribution in [1.82, 2.24) is 4.98 Å². The molecule has 1 unspecified atom stereocenters. The molecule has 1 aromatic carbocycles. The first kappa shape index (κ1) is 9.60.